The molecule has 6 nitrogen and oxygen atoms in total. The zero-order valence-corrected chi connectivity index (χ0v) is 17.8. The molecule has 30 heavy (non-hydrogen) atoms. The Bertz CT molecular complexity index is 986. The van der Waals surface area contributed by atoms with Crippen molar-refractivity contribution < 1.29 is 9.47 Å². The number of nitrogens with one attached hydrogen (secondary N) is 1. The minimum atomic E-state index is 0.256. The molecule has 1 aliphatic heterocycles. The summed E-state index contributed by atoms with van der Waals surface area (Å²) in [6.07, 6.45) is 4.01. The van der Waals surface area contributed by atoms with Crippen LogP contribution in [0.1, 0.15) is 35.7 Å². The van der Waals surface area contributed by atoms with E-state index in [1.807, 2.05) is 43.3 Å². The molecule has 1 aliphatic rings. The van der Waals surface area contributed by atoms with Crippen LogP contribution < -0.4 is 14.8 Å². The molecular weight excluding hydrogens is 376 g/mol. The topological polar surface area (TPSA) is 59.5 Å². The van der Waals surface area contributed by atoms with Crippen LogP contribution in [-0.4, -0.2) is 35.6 Å². The van der Waals surface area contributed by atoms with E-state index in [9.17, 15) is 0 Å². The number of methoxy groups -OCH3 is 2. The van der Waals surface area contributed by atoms with Crippen molar-refractivity contribution in [2.75, 3.05) is 26.1 Å². The number of hydrogen-bond acceptors (Lipinski definition) is 6. The highest BCUT2D eigenvalue weighted by Gasteiger charge is 2.29. The van der Waals surface area contributed by atoms with Crippen LogP contribution >= 0.6 is 0 Å². The van der Waals surface area contributed by atoms with E-state index >= 15 is 0 Å². The number of benzene rings is 1. The molecule has 1 fully saturated rings. The van der Waals surface area contributed by atoms with Gasteiger partial charge in [-0.05, 0) is 62.2 Å². The molecule has 0 saturated carbocycles. The van der Waals surface area contributed by atoms with Crippen LogP contribution in [0.25, 0.3) is 0 Å². The van der Waals surface area contributed by atoms with E-state index < -0.39 is 0 Å². The molecule has 1 saturated heterocycles. The van der Waals surface area contributed by atoms with Crippen molar-refractivity contribution in [3.05, 3.63) is 71.5 Å². The Hall–Kier alpha value is -3.12. The molecule has 156 valence electrons. The molecule has 0 bridgehead atoms. The van der Waals surface area contributed by atoms with E-state index in [2.05, 4.69) is 27.3 Å². The van der Waals surface area contributed by atoms with Crippen LogP contribution in [0.5, 0.6) is 11.5 Å². The average Bonchev–Trinajstić information content (AvgIpc) is 3.24. The van der Waals surface area contributed by atoms with Crippen LogP contribution in [-0.2, 0) is 6.54 Å². The van der Waals surface area contributed by atoms with Gasteiger partial charge in [0.25, 0.3) is 0 Å². The third-order valence-electron chi connectivity index (χ3n) is 5.62. The lowest BCUT2D eigenvalue weighted by molar-refractivity contribution is 0.236. The number of anilines is 2. The van der Waals surface area contributed by atoms with Crippen molar-refractivity contribution in [1.29, 1.82) is 0 Å². The fourth-order valence-electron chi connectivity index (χ4n) is 4.08. The van der Waals surface area contributed by atoms with Gasteiger partial charge >= 0.3 is 0 Å². The van der Waals surface area contributed by atoms with Gasteiger partial charge in [-0.25, -0.2) is 9.97 Å². The highest BCUT2D eigenvalue weighted by Crippen LogP contribution is 2.37. The summed E-state index contributed by atoms with van der Waals surface area (Å²) < 4.78 is 11.2. The first-order valence-electron chi connectivity index (χ1n) is 10.3. The number of ether oxygens (including phenoxy) is 2. The van der Waals surface area contributed by atoms with E-state index in [4.69, 9.17) is 14.5 Å². The maximum atomic E-state index is 5.60. The summed E-state index contributed by atoms with van der Waals surface area (Å²) >= 11 is 0. The molecule has 2 aromatic heterocycles. The summed E-state index contributed by atoms with van der Waals surface area (Å²) in [5.74, 6) is 3.36. The van der Waals surface area contributed by atoms with Crippen molar-refractivity contribution >= 4 is 11.6 Å². The molecule has 0 amide bonds. The van der Waals surface area contributed by atoms with Crippen molar-refractivity contribution in [1.82, 2.24) is 14.9 Å². The quantitative estimate of drug-likeness (QED) is 0.605. The van der Waals surface area contributed by atoms with Crippen LogP contribution in [0, 0.1) is 6.92 Å². The summed E-state index contributed by atoms with van der Waals surface area (Å²) in [6.45, 7) is 3.82. The van der Waals surface area contributed by atoms with Gasteiger partial charge in [0.05, 0.1) is 31.5 Å². The predicted octanol–water partition coefficient (Wildman–Crippen LogP) is 4.88. The van der Waals surface area contributed by atoms with Crippen molar-refractivity contribution in [3.8, 4) is 11.5 Å². The number of likely N-dealkylation sites (tertiary alicyclic amines) is 1. The molecule has 1 aromatic carbocycles. The second-order valence-corrected chi connectivity index (χ2v) is 7.51. The minimum Gasteiger partial charge on any atom is -0.496 e. The van der Waals surface area contributed by atoms with E-state index in [-0.39, 0.29) is 6.04 Å². The van der Waals surface area contributed by atoms with Gasteiger partial charge in [0.15, 0.2) is 0 Å². The zero-order valence-electron chi connectivity index (χ0n) is 17.8. The van der Waals surface area contributed by atoms with Crippen molar-refractivity contribution in [2.24, 2.45) is 0 Å². The molecule has 0 radical (unpaired) electrons. The van der Waals surface area contributed by atoms with Gasteiger partial charge in [0.2, 0.25) is 0 Å². The fraction of sp³-hybridized carbons (Fsp3) is 0.333. The van der Waals surface area contributed by atoms with Gasteiger partial charge in [-0.1, -0.05) is 18.2 Å². The van der Waals surface area contributed by atoms with Gasteiger partial charge in [-0.2, -0.15) is 0 Å². The Morgan fingerprint density at radius 3 is 2.53 bits per heavy atom. The first kappa shape index (κ1) is 20.2. The second-order valence-electron chi connectivity index (χ2n) is 7.51. The summed E-state index contributed by atoms with van der Waals surface area (Å²) in [4.78, 5) is 11.8. The molecule has 0 aliphatic carbocycles. The van der Waals surface area contributed by atoms with Gasteiger partial charge in [-0.15, -0.1) is 0 Å². The third kappa shape index (κ3) is 4.24. The molecule has 1 unspecified atom stereocenters. The summed E-state index contributed by atoms with van der Waals surface area (Å²) in [5.41, 5.74) is 3.24. The number of rotatable bonds is 7. The number of hydrogen-bond donors (Lipinski definition) is 1. The maximum absolute atomic E-state index is 5.60. The van der Waals surface area contributed by atoms with E-state index in [0.717, 1.165) is 65.9 Å². The Morgan fingerprint density at radius 1 is 1.03 bits per heavy atom. The van der Waals surface area contributed by atoms with Crippen LogP contribution in [0.15, 0.2) is 54.7 Å². The monoisotopic (exact) mass is 404 g/mol. The smallest absolute Gasteiger partial charge is 0.134 e. The number of nitrogens with zero attached hydrogens (tertiary/aromatic N) is 3. The number of pyridine rings is 2. The van der Waals surface area contributed by atoms with E-state index in [1.165, 1.54) is 0 Å². The Labute approximate surface area is 177 Å². The lowest BCUT2D eigenvalue weighted by Gasteiger charge is -2.26. The summed E-state index contributed by atoms with van der Waals surface area (Å²) in [7, 11) is 3.41. The number of aryl methyl sites for hydroxylation is 1. The van der Waals surface area contributed by atoms with Gasteiger partial charge < -0.3 is 14.8 Å². The largest absolute Gasteiger partial charge is 0.496 e. The maximum Gasteiger partial charge on any atom is 0.134 e. The highest BCUT2D eigenvalue weighted by atomic mass is 16.5. The van der Waals surface area contributed by atoms with E-state index in [1.54, 1.807) is 20.4 Å². The Balaban J connectivity index is 1.57. The fourth-order valence-corrected chi connectivity index (χ4v) is 4.08. The molecule has 0 spiro atoms. The van der Waals surface area contributed by atoms with Crippen LogP contribution in [0.2, 0.25) is 0 Å². The zero-order chi connectivity index (χ0) is 20.9. The summed E-state index contributed by atoms with van der Waals surface area (Å²) in [6, 6.07) is 16.3. The first-order valence-corrected chi connectivity index (χ1v) is 10.3. The second kappa shape index (κ2) is 9.13. The molecule has 3 heterocycles. The average molecular weight is 405 g/mol. The van der Waals surface area contributed by atoms with Gasteiger partial charge in [-0.3, -0.25) is 4.90 Å². The predicted molar refractivity (Wildman–Crippen MR) is 118 cm³/mol. The van der Waals surface area contributed by atoms with Crippen LogP contribution in [0.4, 0.5) is 11.6 Å². The van der Waals surface area contributed by atoms with Gasteiger partial charge in [0, 0.05) is 12.7 Å². The van der Waals surface area contributed by atoms with Crippen molar-refractivity contribution in [3.63, 3.8) is 0 Å². The molecule has 1 N–H and O–H groups in total. The Kier molecular flexibility index (Phi) is 6.14. The minimum absolute atomic E-state index is 0.256. The molecular formula is C24H28N4O2. The third-order valence-corrected chi connectivity index (χ3v) is 5.62. The van der Waals surface area contributed by atoms with E-state index in [0.29, 0.717) is 0 Å². The standard InChI is InChI=1S/C24H28N4O2/c1-17-8-6-14-25-24(17)27-23-13-4-9-19(26-23)20-10-7-15-28(20)16-18-21(29-2)11-5-12-22(18)30-3/h4-6,8-9,11-14,20H,7,10,15-16H2,1-3H3,(H,25,26,27). The lowest BCUT2D eigenvalue weighted by Crippen LogP contribution is -2.24. The molecule has 4 rings (SSSR count). The first-order chi connectivity index (χ1) is 14.7. The SMILES string of the molecule is COc1cccc(OC)c1CN1CCCC1c1cccc(Nc2ncccc2C)n1. The molecule has 1 atom stereocenters. The molecule has 3 aromatic rings. The lowest BCUT2D eigenvalue weighted by atomic mass is 10.1. The summed E-state index contributed by atoms with van der Waals surface area (Å²) in [5, 5.41) is 3.36. The van der Waals surface area contributed by atoms with Crippen molar-refractivity contribution in [2.45, 2.75) is 32.4 Å². The van der Waals surface area contributed by atoms with Gasteiger partial charge in [0.1, 0.15) is 23.1 Å². The normalized spacial score (nSPS) is 16.4. The molecule has 6 heteroatoms. The Morgan fingerprint density at radius 2 is 1.80 bits per heavy atom. The number of aromatic nitrogens is 2. The highest BCUT2D eigenvalue weighted by molar-refractivity contribution is 5.55. The van der Waals surface area contributed by atoms with Crippen LogP contribution in [0.3, 0.4) is 0 Å².